The summed E-state index contributed by atoms with van der Waals surface area (Å²) in [6.07, 6.45) is 0.157. The van der Waals surface area contributed by atoms with Crippen LogP contribution in [0.3, 0.4) is 0 Å². The molecule has 0 radical (unpaired) electrons. The van der Waals surface area contributed by atoms with Crippen LogP contribution in [-0.2, 0) is 13.0 Å². The summed E-state index contributed by atoms with van der Waals surface area (Å²) < 4.78 is 5.69. The van der Waals surface area contributed by atoms with Crippen LogP contribution < -0.4 is 4.74 Å². The molecule has 0 aliphatic rings. The monoisotopic (exact) mass is 346 g/mol. The van der Waals surface area contributed by atoms with Crippen molar-refractivity contribution in [2.45, 2.75) is 13.0 Å². The second kappa shape index (κ2) is 8.12. The number of para-hydroxylation sites is 1. The molecule has 0 saturated heterocycles. The summed E-state index contributed by atoms with van der Waals surface area (Å²) in [5.74, 6) is -0.504. The number of carboxylic acids is 1. The number of hydrogen-bond acceptors (Lipinski definition) is 3. The maximum Gasteiger partial charge on any atom is 0.336 e. The molecule has 3 rings (SSSR count). The Hall–Kier alpha value is -3.40. The van der Waals surface area contributed by atoms with Gasteiger partial charge >= 0.3 is 5.97 Å². The molecule has 0 atom stereocenters. The van der Waals surface area contributed by atoms with Crippen LogP contribution in [0.25, 0.3) is 0 Å². The van der Waals surface area contributed by atoms with Gasteiger partial charge in [-0.2, -0.15) is 0 Å². The highest BCUT2D eigenvalue weighted by atomic mass is 16.5. The first-order valence-corrected chi connectivity index (χ1v) is 8.24. The molecular weight excluding hydrogens is 328 g/mol. The van der Waals surface area contributed by atoms with Crippen molar-refractivity contribution in [1.29, 1.82) is 0 Å². The van der Waals surface area contributed by atoms with Crippen LogP contribution in [0.4, 0.5) is 0 Å². The highest BCUT2D eigenvalue weighted by Crippen LogP contribution is 2.15. The SMILES string of the molecule is O=C(O)c1ccccc1C(=O)Cc1ccc(COc2ccccc2)cc1. The van der Waals surface area contributed by atoms with E-state index in [1.165, 1.54) is 6.07 Å². The first-order chi connectivity index (χ1) is 12.6. The number of carbonyl (C=O) groups excluding carboxylic acids is 1. The predicted octanol–water partition coefficient (Wildman–Crippen LogP) is 4.39. The van der Waals surface area contributed by atoms with E-state index in [-0.39, 0.29) is 23.3 Å². The number of rotatable bonds is 7. The summed E-state index contributed by atoms with van der Waals surface area (Å²) in [7, 11) is 0. The van der Waals surface area contributed by atoms with E-state index in [1.54, 1.807) is 18.2 Å². The van der Waals surface area contributed by atoms with Crippen molar-refractivity contribution in [3.05, 3.63) is 101 Å². The zero-order chi connectivity index (χ0) is 18.4. The molecule has 0 bridgehead atoms. The highest BCUT2D eigenvalue weighted by Gasteiger charge is 2.15. The van der Waals surface area contributed by atoms with Crippen LogP contribution in [0.15, 0.2) is 78.9 Å². The Kier molecular flexibility index (Phi) is 5.44. The molecule has 0 unspecified atom stereocenters. The van der Waals surface area contributed by atoms with Crippen molar-refractivity contribution in [2.24, 2.45) is 0 Å². The van der Waals surface area contributed by atoms with Crippen molar-refractivity contribution in [1.82, 2.24) is 0 Å². The summed E-state index contributed by atoms with van der Waals surface area (Å²) in [4.78, 5) is 23.7. The average molecular weight is 346 g/mol. The van der Waals surface area contributed by atoms with Gasteiger partial charge in [-0.05, 0) is 29.3 Å². The van der Waals surface area contributed by atoms with E-state index in [1.807, 2.05) is 54.6 Å². The number of ether oxygens (including phenoxy) is 1. The summed E-state index contributed by atoms with van der Waals surface area (Å²) in [6.45, 7) is 0.445. The van der Waals surface area contributed by atoms with Crippen molar-refractivity contribution >= 4 is 11.8 Å². The minimum Gasteiger partial charge on any atom is -0.489 e. The van der Waals surface area contributed by atoms with Crippen LogP contribution in [0.1, 0.15) is 31.8 Å². The molecule has 0 aliphatic heterocycles. The third kappa shape index (κ3) is 4.36. The second-order valence-electron chi connectivity index (χ2n) is 5.87. The summed E-state index contributed by atoms with van der Waals surface area (Å²) >= 11 is 0. The van der Waals surface area contributed by atoms with Gasteiger partial charge in [-0.3, -0.25) is 4.79 Å². The summed E-state index contributed by atoms with van der Waals surface area (Å²) in [5.41, 5.74) is 2.09. The van der Waals surface area contributed by atoms with Crippen LogP contribution in [0, 0.1) is 0 Å². The molecule has 0 saturated carbocycles. The highest BCUT2D eigenvalue weighted by molar-refractivity contribution is 6.06. The minimum absolute atomic E-state index is 0.0328. The lowest BCUT2D eigenvalue weighted by atomic mass is 9.98. The van der Waals surface area contributed by atoms with Gasteiger partial charge in [0.05, 0.1) is 5.56 Å². The Balaban J connectivity index is 1.64. The smallest absolute Gasteiger partial charge is 0.336 e. The fourth-order valence-corrected chi connectivity index (χ4v) is 2.63. The molecule has 3 aromatic rings. The Labute approximate surface area is 151 Å². The second-order valence-corrected chi connectivity index (χ2v) is 5.87. The maximum atomic E-state index is 12.4. The van der Waals surface area contributed by atoms with Gasteiger partial charge in [0.2, 0.25) is 0 Å². The van der Waals surface area contributed by atoms with Crippen LogP contribution in [0.5, 0.6) is 5.75 Å². The molecule has 4 heteroatoms. The average Bonchev–Trinajstić information content (AvgIpc) is 2.68. The molecule has 26 heavy (non-hydrogen) atoms. The lowest BCUT2D eigenvalue weighted by Gasteiger charge is -2.08. The quantitative estimate of drug-likeness (QED) is 0.645. The molecule has 0 fully saturated rings. The third-order valence-corrected chi connectivity index (χ3v) is 3.99. The molecule has 3 aromatic carbocycles. The van der Waals surface area contributed by atoms with E-state index in [0.29, 0.717) is 6.61 Å². The van der Waals surface area contributed by atoms with Gasteiger partial charge in [0, 0.05) is 12.0 Å². The topological polar surface area (TPSA) is 63.6 Å². The number of benzene rings is 3. The fraction of sp³-hybridized carbons (Fsp3) is 0.0909. The Bertz CT molecular complexity index is 899. The van der Waals surface area contributed by atoms with Gasteiger partial charge in [0.15, 0.2) is 5.78 Å². The van der Waals surface area contributed by atoms with E-state index in [9.17, 15) is 14.7 Å². The molecule has 0 aliphatic carbocycles. The van der Waals surface area contributed by atoms with Crippen LogP contribution in [0.2, 0.25) is 0 Å². The third-order valence-electron chi connectivity index (χ3n) is 3.99. The first-order valence-electron chi connectivity index (χ1n) is 8.24. The van der Waals surface area contributed by atoms with Gasteiger partial charge in [0.25, 0.3) is 0 Å². The predicted molar refractivity (Wildman–Crippen MR) is 98.7 cm³/mol. The number of carbonyl (C=O) groups is 2. The van der Waals surface area contributed by atoms with Crippen molar-refractivity contribution in [3.63, 3.8) is 0 Å². The Morgan fingerprint density at radius 1 is 0.731 bits per heavy atom. The molecule has 0 aromatic heterocycles. The molecule has 0 spiro atoms. The number of carboxylic acid groups (broad SMARTS) is 1. The summed E-state index contributed by atoms with van der Waals surface area (Å²) in [5, 5.41) is 9.20. The van der Waals surface area contributed by atoms with Crippen molar-refractivity contribution in [2.75, 3.05) is 0 Å². The zero-order valence-electron chi connectivity index (χ0n) is 14.1. The lowest BCUT2D eigenvalue weighted by molar-refractivity contribution is 0.0692. The standard InChI is InChI=1S/C22H18O4/c23-21(19-8-4-5-9-20(19)22(24)25)14-16-10-12-17(13-11-16)15-26-18-6-2-1-3-7-18/h1-13H,14-15H2,(H,24,25). The van der Waals surface area contributed by atoms with Gasteiger partial charge in [-0.1, -0.05) is 60.7 Å². The normalized spacial score (nSPS) is 10.3. The van der Waals surface area contributed by atoms with E-state index in [2.05, 4.69) is 0 Å². The first kappa shape index (κ1) is 17.4. The summed E-state index contributed by atoms with van der Waals surface area (Å²) in [6, 6.07) is 23.4. The largest absolute Gasteiger partial charge is 0.489 e. The lowest BCUT2D eigenvalue weighted by Crippen LogP contribution is -2.10. The Morgan fingerprint density at radius 3 is 1.96 bits per heavy atom. The van der Waals surface area contributed by atoms with Crippen LogP contribution in [-0.4, -0.2) is 16.9 Å². The molecule has 4 nitrogen and oxygen atoms in total. The van der Waals surface area contributed by atoms with E-state index >= 15 is 0 Å². The van der Waals surface area contributed by atoms with Crippen molar-refractivity contribution < 1.29 is 19.4 Å². The number of Topliss-reactive ketones (excluding diaryl/α,β-unsaturated/α-hetero) is 1. The zero-order valence-corrected chi connectivity index (χ0v) is 14.1. The number of aromatic carboxylic acids is 1. The minimum atomic E-state index is -1.10. The van der Waals surface area contributed by atoms with Crippen molar-refractivity contribution in [3.8, 4) is 5.75 Å². The maximum absolute atomic E-state index is 12.4. The van der Waals surface area contributed by atoms with Gasteiger partial charge in [-0.25, -0.2) is 4.79 Å². The van der Waals surface area contributed by atoms with Gasteiger partial charge in [-0.15, -0.1) is 0 Å². The molecule has 1 N–H and O–H groups in total. The molecular formula is C22H18O4. The fourth-order valence-electron chi connectivity index (χ4n) is 2.63. The van der Waals surface area contributed by atoms with Gasteiger partial charge in [0.1, 0.15) is 12.4 Å². The van der Waals surface area contributed by atoms with E-state index < -0.39 is 5.97 Å². The van der Waals surface area contributed by atoms with E-state index in [0.717, 1.165) is 16.9 Å². The molecule has 130 valence electrons. The molecule has 0 amide bonds. The van der Waals surface area contributed by atoms with Gasteiger partial charge < -0.3 is 9.84 Å². The van der Waals surface area contributed by atoms with Crippen LogP contribution >= 0.6 is 0 Å². The van der Waals surface area contributed by atoms with E-state index in [4.69, 9.17) is 4.74 Å². The number of ketones is 1. The molecule has 0 heterocycles. The number of hydrogen-bond donors (Lipinski definition) is 1. The Morgan fingerprint density at radius 2 is 1.31 bits per heavy atom.